The Morgan fingerprint density at radius 1 is 0.897 bits per heavy atom. The van der Waals surface area contributed by atoms with Gasteiger partial charge in [-0.3, -0.25) is 9.05 Å². The molecule has 2 fully saturated rings. The van der Waals surface area contributed by atoms with Gasteiger partial charge in [0, 0.05) is 13.1 Å². The van der Waals surface area contributed by atoms with Gasteiger partial charge in [-0.25, -0.2) is 22.3 Å². The minimum absolute atomic E-state index is 0.0561. The van der Waals surface area contributed by atoms with Crippen LogP contribution >= 0.6 is 15.4 Å². The zero-order valence-electron chi connectivity index (χ0n) is 32.9. The van der Waals surface area contributed by atoms with Gasteiger partial charge < -0.3 is 43.3 Å². The van der Waals surface area contributed by atoms with E-state index < -0.39 is 75.1 Å². The second-order valence-electron chi connectivity index (χ2n) is 14.5. The summed E-state index contributed by atoms with van der Waals surface area (Å²) in [4.78, 5) is 33.7. The van der Waals surface area contributed by atoms with E-state index in [1.807, 2.05) is 0 Å². The van der Waals surface area contributed by atoms with Crippen molar-refractivity contribution in [2.24, 2.45) is 11.8 Å². The number of phosphoric ester groups is 1. The molecule has 20 heteroatoms. The lowest BCUT2D eigenvalue weighted by Crippen LogP contribution is -2.52. The monoisotopic (exact) mass is 870 g/mol. The molecule has 0 spiro atoms. The van der Waals surface area contributed by atoms with Crippen molar-refractivity contribution in [2.45, 2.75) is 76.1 Å². The average Bonchev–Trinajstić information content (AvgIpc) is 3.78. The van der Waals surface area contributed by atoms with E-state index in [0.717, 1.165) is 4.31 Å². The van der Waals surface area contributed by atoms with Crippen LogP contribution in [-0.4, -0.2) is 99.0 Å². The lowest BCUT2D eigenvalue weighted by atomic mass is 10.0. The lowest BCUT2D eigenvalue weighted by Gasteiger charge is -2.33. The first-order valence-corrected chi connectivity index (χ1v) is 23.4. The van der Waals surface area contributed by atoms with Crippen LogP contribution in [0.15, 0.2) is 83.8 Å². The first kappa shape index (κ1) is 45.5. The zero-order chi connectivity index (χ0) is 42.1. The van der Waals surface area contributed by atoms with E-state index >= 15 is 0 Å². The molecule has 2 aliphatic heterocycles. The summed E-state index contributed by atoms with van der Waals surface area (Å²) in [5, 5.41) is 2.70. The Morgan fingerprint density at radius 2 is 1.57 bits per heavy atom. The summed E-state index contributed by atoms with van der Waals surface area (Å²) in [6, 6.07) is 19.4. The second-order valence-corrected chi connectivity index (χ2v) is 19.5. The molecule has 0 aliphatic carbocycles. The molecule has 0 aromatic heterocycles. The quantitative estimate of drug-likeness (QED) is 0.105. The number of nitrogens with one attached hydrogen (secondary N) is 1. The maximum absolute atomic E-state index is 14.1. The molecule has 0 saturated carbocycles. The number of para-hydroxylation sites is 1. The van der Waals surface area contributed by atoms with Gasteiger partial charge in [-0.15, -0.1) is 0 Å². The number of rotatable bonds is 21. The highest BCUT2D eigenvalue weighted by Crippen LogP contribution is 2.49. The Kier molecular flexibility index (Phi) is 15.8. The predicted molar refractivity (Wildman–Crippen MR) is 211 cm³/mol. The molecule has 17 nitrogen and oxygen atoms in total. The fourth-order valence-electron chi connectivity index (χ4n) is 6.50. The summed E-state index contributed by atoms with van der Waals surface area (Å²) >= 11 is 0. The molecule has 0 radical (unpaired) electrons. The van der Waals surface area contributed by atoms with Gasteiger partial charge in [0.1, 0.15) is 29.5 Å². The molecule has 5 rings (SSSR count). The number of fused-ring (bicyclic) bond motifs is 1. The van der Waals surface area contributed by atoms with Crippen molar-refractivity contribution in [3.8, 4) is 17.2 Å². The number of carbonyl (C=O) groups is 1. The third-order valence-electron chi connectivity index (χ3n) is 9.05. The fraction of sp³-hybridized carbons (Fsp3) is 0.500. The number of hydrogen-bond donors (Lipinski definition) is 3. The van der Waals surface area contributed by atoms with E-state index in [0.29, 0.717) is 35.8 Å². The van der Waals surface area contributed by atoms with E-state index in [2.05, 4.69) is 5.32 Å². The van der Waals surface area contributed by atoms with Crippen molar-refractivity contribution in [3.63, 3.8) is 0 Å². The molecular formula is C38H52N2O15P2S. The number of phosphoric acid groups is 1. The minimum Gasteiger partial charge on any atom is -0.497 e. The molecule has 58 heavy (non-hydrogen) atoms. The Hall–Kier alpha value is -3.54. The van der Waals surface area contributed by atoms with Crippen molar-refractivity contribution >= 4 is 31.5 Å². The third kappa shape index (κ3) is 13.2. The van der Waals surface area contributed by atoms with Crippen LogP contribution in [0.25, 0.3) is 0 Å². The lowest BCUT2D eigenvalue weighted by molar-refractivity contribution is -0.0907. The molecule has 0 bridgehead atoms. The summed E-state index contributed by atoms with van der Waals surface area (Å²) in [6.45, 7) is 6.92. The maximum Gasteiger partial charge on any atom is 0.469 e. The van der Waals surface area contributed by atoms with Crippen molar-refractivity contribution in [2.75, 3.05) is 39.8 Å². The number of alkyl carbamates (subject to hydrolysis) is 1. The number of ether oxygens (including phenoxy) is 5. The number of amides is 1. The Labute approximate surface area is 339 Å². The fourth-order valence-corrected chi connectivity index (χ4v) is 10.2. The van der Waals surface area contributed by atoms with E-state index in [1.165, 1.54) is 31.4 Å². The molecule has 3 aromatic rings. The molecule has 3 N–H and O–H groups in total. The molecular weight excluding hydrogens is 818 g/mol. The zero-order valence-corrected chi connectivity index (χ0v) is 35.6. The smallest absolute Gasteiger partial charge is 0.469 e. The maximum atomic E-state index is 14.1. The summed E-state index contributed by atoms with van der Waals surface area (Å²) < 4.78 is 100.0. The van der Waals surface area contributed by atoms with Crippen molar-refractivity contribution in [1.29, 1.82) is 0 Å². The van der Waals surface area contributed by atoms with Gasteiger partial charge in [0.05, 0.1) is 43.3 Å². The standard InChI is InChI=1S/C38H52N2O15P2S/c1-26(2)22-40(58(46,47)32-17-15-29(48-5)16-18-32)23-35(55-57(43,44)45)34(39-38(41)52-36-24-50-37-33(36)19-20-49-37)21-28-11-13-30(14-12-28)51-25-56(42,53-27(3)4)54-31-9-7-6-8-10-31/h6-18,26-27,33-37H,19-25H2,1-5H3,(H,39,41)(H2,43,44,45)/t33-,34-,35+,36-,37+,56?/m0/s1. The van der Waals surface area contributed by atoms with Crippen molar-refractivity contribution < 1.29 is 69.4 Å². The van der Waals surface area contributed by atoms with Crippen LogP contribution in [0.2, 0.25) is 0 Å². The highest BCUT2D eigenvalue weighted by Gasteiger charge is 2.44. The number of methoxy groups -OCH3 is 1. The SMILES string of the molecule is COc1ccc(S(=O)(=O)N(CC(C)C)C[C@@H](OP(=O)(O)O)[C@H](Cc2ccc(OCP(=O)(Oc3ccccc3)OC(C)C)cc2)NC(=O)O[C@H]2CO[C@H]3OCC[C@H]32)cc1. The van der Waals surface area contributed by atoms with Gasteiger partial charge in [-0.05, 0) is 86.7 Å². The van der Waals surface area contributed by atoms with E-state index in [1.54, 1.807) is 82.3 Å². The number of nitrogens with zero attached hydrogens (tertiary/aromatic N) is 1. The summed E-state index contributed by atoms with van der Waals surface area (Å²) in [7, 11) is -11.9. The predicted octanol–water partition coefficient (Wildman–Crippen LogP) is 5.95. The summed E-state index contributed by atoms with van der Waals surface area (Å²) in [5.74, 6) is 0.640. The molecule has 1 unspecified atom stereocenters. The highest BCUT2D eigenvalue weighted by atomic mass is 32.2. The number of sulfonamides is 1. The third-order valence-corrected chi connectivity index (χ3v) is 13.1. The van der Waals surface area contributed by atoms with Crippen LogP contribution in [0.1, 0.15) is 39.7 Å². The topological polar surface area (TPSA) is 215 Å². The number of hydrogen-bond acceptors (Lipinski definition) is 13. The summed E-state index contributed by atoms with van der Waals surface area (Å²) in [5.41, 5.74) is 0.529. The van der Waals surface area contributed by atoms with Crippen LogP contribution in [-0.2, 0) is 48.8 Å². The largest absolute Gasteiger partial charge is 0.497 e. The number of carbonyl (C=O) groups excluding carboxylic acids is 1. The van der Waals surface area contributed by atoms with E-state index in [9.17, 15) is 32.1 Å². The molecule has 2 aliphatic rings. The van der Waals surface area contributed by atoms with Gasteiger partial charge in [0.15, 0.2) is 6.29 Å². The van der Waals surface area contributed by atoms with Gasteiger partial charge in [0.2, 0.25) is 16.4 Å². The van der Waals surface area contributed by atoms with Gasteiger partial charge in [-0.2, -0.15) is 4.31 Å². The Balaban J connectivity index is 1.41. The van der Waals surface area contributed by atoms with Gasteiger partial charge in [-0.1, -0.05) is 44.2 Å². The van der Waals surface area contributed by atoms with E-state index in [4.69, 9.17) is 37.3 Å². The van der Waals surface area contributed by atoms with Crippen LogP contribution in [0.3, 0.4) is 0 Å². The van der Waals surface area contributed by atoms with E-state index in [-0.39, 0.29) is 36.3 Å². The van der Waals surface area contributed by atoms with Crippen molar-refractivity contribution in [3.05, 3.63) is 84.4 Å². The van der Waals surface area contributed by atoms with Gasteiger partial charge in [0.25, 0.3) is 0 Å². The van der Waals surface area contributed by atoms with Crippen LogP contribution in [0.5, 0.6) is 17.2 Å². The minimum atomic E-state index is -5.30. The van der Waals surface area contributed by atoms with Crippen LogP contribution < -0.4 is 19.3 Å². The number of benzene rings is 3. The molecule has 2 heterocycles. The summed E-state index contributed by atoms with van der Waals surface area (Å²) in [6.07, 6.45) is -4.05. The highest BCUT2D eigenvalue weighted by molar-refractivity contribution is 7.89. The second kappa shape index (κ2) is 20.1. The average molecular weight is 871 g/mol. The van der Waals surface area contributed by atoms with Crippen LogP contribution in [0, 0.1) is 11.8 Å². The normalized spacial score (nSPS) is 20.3. The molecule has 1 amide bonds. The van der Waals surface area contributed by atoms with Gasteiger partial charge >= 0.3 is 21.5 Å². The van der Waals surface area contributed by atoms with Crippen molar-refractivity contribution in [1.82, 2.24) is 9.62 Å². The molecule has 3 aromatic carbocycles. The molecule has 320 valence electrons. The Morgan fingerprint density at radius 3 is 2.19 bits per heavy atom. The first-order chi connectivity index (χ1) is 27.4. The molecule has 2 saturated heterocycles. The molecule has 6 atom stereocenters. The first-order valence-electron chi connectivity index (χ1n) is 18.8. The Bertz CT molecular complexity index is 1980. The van der Waals surface area contributed by atoms with Crippen LogP contribution in [0.4, 0.5) is 4.79 Å².